The molecule has 1 N–H and O–H groups in total. The number of aryl methyl sites for hydroxylation is 1. The zero-order valence-electron chi connectivity index (χ0n) is 8.30. The van der Waals surface area contributed by atoms with Crippen LogP contribution >= 0.6 is 27.5 Å². The first-order valence-electron chi connectivity index (χ1n) is 4.76. The summed E-state index contributed by atoms with van der Waals surface area (Å²) in [5, 5.41) is 10.9. The number of fused-ring (bicyclic) bond motifs is 1. The van der Waals surface area contributed by atoms with Gasteiger partial charge in [0.2, 0.25) is 0 Å². The topological polar surface area (TPSA) is 25.2 Å². The highest BCUT2D eigenvalue weighted by Crippen LogP contribution is 2.31. The van der Waals surface area contributed by atoms with Crippen LogP contribution in [0.2, 0.25) is 5.15 Å². The second kappa shape index (κ2) is 4.16. The van der Waals surface area contributed by atoms with E-state index in [-0.39, 0.29) is 6.61 Å². The van der Waals surface area contributed by atoms with E-state index in [1.165, 1.54) is 0 Å². The lowest BCUT2D eigenvalue weighted by Gasteiger charge is -2.01. The van der Waals surface area contributed by atoms with Gasteiger partial charge in [0.25, 0.3) is 0 Å². The first kappa shape index (κ1) is 11.0. The minimum Gasteiger partial charge on any atom is -0.392 e. The fourth-order valence-corrected chi connectivity index (χ4v) is 2.56. The Labute approximate surface area is 102 Å². The lowest BCUT2D eigenvalue weighted by atomic mass is 10.2. The number of hydrogen-bond donors (Lipinski definition) is 1. The highest BCUT2D eigenvalue weighted by Gasteiger charge is 2.13. The van der Waals surface area contributed by atoms with Crippen LogP contribution in [0.1, 0.15) is 12.5 Å². The van der Waals surface area contributed by atoms with E-state index in [1.54, 1.807) is 0 Å². The number of halogens is 2. The van der Waals surface area contributed by atoms with E-state index >= 15 is 0 Å². The molecule has 1 aromatic carbocycles. The molecule has 0 bridgehead atoms. The molecule has 4 heteroatoms. The van der Waals surface area contributed by atoms with Gasteiger partial charge in [0.05, 0.1) is 6.61 Å². The van der Waals surface area contributed by atoms with Crippen molar-refractivity contribution in [3.05, 3.63) is 33.4 Å². The molecule has 0 atom stereocenters. The maximum atomic E-state index is 9.30. The quantitative estimate of drug-likeness (QED) is 0.898. The SMILES string of the molecule is CCn1c(Cl)c(CO)c2cc(Br)ccc21. The number of aromatic nitrogens is 1. The van der Waals surface area contributed by atoms with E-state index in [1.807, 2.05) is 29.7 Å². The van der Waals surface area contributed by atoms with Gasteiger partial charge < -0.3 is 9.67 Å². The predicted molar refractivity (Wildman–Crippen MR) is 66.2 cm³/mol. The zero-order valence-corrected chi connectivity index (χ0v) is 10.6. The molecule has 2 rings (SSSR count). The molecule has 0 fully saturated rings. The second-order valence-electron chi connectivity index (χ2n) is 3.33. The van der Waals surface area contributed by atoms with Crippen LogP contribution in [0.25, 0.3) is 10.9 Å². The van der Waals surface area contributed by atoms with Crippen LogP contribution < -0.4 is 0 Å². The lowest BCUT2D eigenvalue weighted by molar-refractivity contribution is 0.283. The van der Waals surface area contributed by atoms with Crippen LogP contribution in [0.3, 0.4) is 0 Å². The van der Waals surface area contributed by atoms with Crippen molar-refractivity contribution >= 4 is 38.4 Å². The zero-order chi connectivity index (χ0) is 11.0. The van der Waals surface area contributed by atoms with Crippen molar-refractivity contribution in [3.63, 3.8) is 0 Å². The van der Waals surface area contributed by atoms with Crippen LogP contribution in [0.5, 0.6) is 0 Å². The number of nitrogens with zero attached hydrogens (tertiary/aromatic N) is 1. The molecule has 2 nitrogen and oxygen atoms in total. The van der Waals surface area contributed by atoms with Gasteiger partial charge in [-0.05, 0) is 25.1 Å². The third-order valence-corrected chi connectivity index (χ3v) is 3.46. The minimum absolute atomic E-state index is 0.0290. The summed E-state index contributed by atoms with van der Waals surface area (Å²) in [6.45, 7) is 2.81. The third kappa shape index (κ3) is 1.69. The Morgan fingerprint density at radius 3 is 2.80 bits per heavy atom. The summed E-state index contributed by atoms with van der Waals surface area (Å²) >= 11 is 9.61. The molecule has 80 valence electrons. The van der Waals surface area contributed by atoms with E-state index in [9.17, 15) is 5.11 Å². The summed E-state index contributed by atoms with van der Waals surface area (Å²) in [5.41, 5.74) is 1.87. The molecule has 0 aliphatic heterocycles. The van der Waals surface area contributed by atoms with Crippen LogP contribution in [-0.2, 0) is 13.2 Å². The number of hydrogen-bond acceptors (Lipinski definition) is 1. The maximum absolute atomic E-state index is 9.30. The highest BCUT2D eigenvalue weighted by molar-refractivity contribution is 9.10. The molecule has 0 amide bonds. The molecule has 1 heterocycles. The summed E-state index contributed by atoms with van der Waals surface area (Å²) in [6, 6.07) is 5.97. The first-order chi connectivity index (χ1) is 7.19. The molecule has 2 aromatic rings. The highest BCUT2D eigenvalue weighted by atomic mass is 79.9. The van der Waals surface area contributed by atoms with Gasteiger partial charge in [0.15, 0.2) is 0 Å². The van der Waals surface area contributed by atoms with E-state index < -0.39 is 0 Å². The van der Waals surface area contributed by atoms with Crippen molar-refractivity contribution in [2.24, 2.45) is 0 Å². The molecule has 0 radical (unpaired) electrons. The Morgan fingerprint density at radius 1 is 1.47 bits per heavy atom. The van der Waals surface area contributed by atoms with E-state index in [4.69, 9.17) is 11.6 Å². The van der Waals surface area contributed by atoms with Crippen molar-refractivity contribution in [3.8, 4) is 0 Å². The molecular weight excluding hydrogens is 277 g/mol. The van der Waals surface area contributed by atoms with Crippen molar-refractivity contribution in [1.29, 1.82) is 0 Å². The Hall–Kier alpha value is -0.510. The van der Waals surface area contributed by atoms with Gasteiger partial charge in [-0.15, -0.1) is 0 Å². The summed E-state index contributed by atoms with van der Waals surface area (Å²) in [6.07, 6.45) is 0. The van der Waals surface area contributed by atoms with Crippen LogP contribution in [-0.4, -0.2) is 9.67 Å². The molecule has 0 aliphatic carbocycles. The summed E-state index contributed by atoms with van der Waals surface area (Å²) in [4.78, 5) is 0. The fraction of sp³-hybridized carbons (Fsp3) is 0.273. The Balaban J connectivity index is 2.85. The van der Waals surface area contributed by atoms with Crippen molar-refractivity contribution in [2.45, 2.75) is 20.1 Å². The molecule has 0 saturated carbocycles. The normalized spacial score (nSPS) is 11.2. The second-order valence-corrected chi connectivity index (χ2v) is 4.61. The molecule has 0 spiro atoms. The molecule has 1 aromatic heterocycles. The summed E-state index contributed by atoms with van der Waals surface area (Å²) in [7, 11) is 0. The van der Waals surface area contributed by atoms with Gasteiger partial charge in [-0.25, -0.2) is 0 Å². The van der Waals surface area contributed by atoms with Crippen LogP contribution in [0.4, 0.5) is 0 Å². The average molecular weight is 289 g/mol. The number of rotatable bonds is 2. The molecule has 0 aliphatic rings. The van der Waals surface area contributed by atoms with Crippen molar-refractivity contribution in [1.82, 2.24) is 4.57 Å². The van der Waals surface area contributed by atoms with Gasteiger partial charge in [0, 0.05) is 27.5 Å². The van der Waals surface area contributed by atoms with Gasteiger partial charge >= 0.3 is 0 Å². The summed E-state index contributed by atoms with van der Waals surface area (Å²) < 4.78 is 2.99. The van der Waals surface area contributed by atoms with Gasteiger partial charge in [-0.3, -0.25) is 0 Å². The van der Waals surface area contributed by atoms with Crippen LogP contribution in [0, 0.1) is 0 Å². The Kier molecular flexibility index (Phi) is 3.05. The largest absolute Gasteiger partial charge is 0.392 e. The number of aliphatic hydroxyl groups is 1. The number of aliphatic hydroxyl groups excluding tert-OH is 1. The van der Waals surface area contributed by atoms with Gasteiger partial charge in [-0.1, -0.05) is 27.5 Å². The smallest absolute Gasteiger partial charge is 0.115 e. The van der Waals surface area contributed by atoms with E-state index in [0.29, 0.717) is 5.15 Å². The monoisotopic (exact) mass is 287 g/mol. The average Bonchev–Trinajstić information content (AvgIpc) is 2.48. The summed E-state index contributed by atoms with van der Waals surface area (Å²) in [5.74, 6) is 0. The van der Waals surface area contributed by atoms with Crippen molar-refractivity contribution in [2.75, 3.05) is 0 Å². The van der Waals surface area contributed by atoms with Gasteiger partial charge in [-0.2, -0.15) is 0 Å². The van der Waals surface area contributed by atoms with E-state index in [0.717, 1.165) is 27.5 Å². The fourth-order valence-electron chi connectivity index (χ4n) is 1.82. The van der Waals surface area contributed by atoms with Crippen LogP contribution in [0.15, 0.2) is 22.7 Å². The molecule has 0 saturated heterocycles. The first-order valence-corrected chi connectivity index (χ1v) is 5.93. The molecular formula is C11H11BrClNO. The Bertz CT molecular complexity index is 507. The van der Waals surface area contributed by atoms with Gasteiger partial charge in [0.1, 0.15) is 5.15 Å². The number of benzene rings is 1. The maximum Gasteiger partial charge on any atom is 0.115 e. The standard InChI is InChI=1S/C11H11BrClNO/c1-2-14-10-4-3-7(12)5-8(10)9(6-15)11(14)13/h3-5,15H,2,6H2,1H3. The lowest BCUT2D eigenvalue weighted by Crippen LogP contribution is -1.93. The van der Waals surface area contributed by atoms with E-state index in [2.05, 4.69) is 15.9 Å². The predicted octanol–water partition coefficient (Wildman–Crippen LogP) is 3.57. The Morgan fingerprint density at radius 2 is 2.20 bits per heavy atom. The third-order valence-electron chi connectivity index (χ3n) is 2.53. The molecule has 15 heavy (non-hydrogen) atoms. The minimum atomic E-state index is -0.0290. The molecule has 0 unspecified atom stereocenters. The van der Waals surface area contributed by atoms with Crippen molar-refractivity contribution < 1.29 is 5.11 Å².